The molecule has 0 spiro atoms. The van der Waals surface area contributed by atoms with Gasteiger partial charge >= 0.3 is 6.03 Å². The molecule has 6 heteroatoms. The molecule has 1 fully saturated rings. The fourth-order valence-electron chi connectivity index (χ4n) is 3.29. The first-order chi connectivity index (χ1) is 11.2. The molecule has 1 aliphatic heterocycles. The number of likely N-dealkylation sites (tertiary alicyclic amines) is 1. The molecule has 2 aromatic rings. The van der Waals surface area contributed by atoms with E-state index in [0.29, 0.717) is 0 Å². The Bertz CT molecular complexity index is 637. The van der Waals surface area contributed by atoms with Gasteiger partial charge in [-0.15, -0.1) is 11.3 Å². The highest BCUT2D eigenvalue weighted by atomic mass is 32.1. The van der Waals surface area contributed by atoms with Gasteiger partial charge in [0, 0.05) is 24.7 Å². The Hall–Kier alpha value is -1.82. The molecule has 2 aromatic heterocycles. The standard InChI is InChI=1S/C17H24N4OS/c1-3-13(16-8-6-12-23-16)19-17(22)21-11-5-4-7-15(21)14-9-10-18-20(14)2/h6,8-10,12-13,15H,3-5,7,11H2,1-2H3,(H,19,22)/t13-,15-/m1/s1. The largest absolute Gasteiger partial charge is 0.330 e. The molecule has 23 heavy (non-hydrogen) atoms. The minimum absolute atomic E-state index is 0.0381. The smallest absolute Gasteiger partial charge is 0.318 e. The number of rotatable bonds is 4. The summed E-state index contributed by atoms with van der Waals surface area (Å²) in [5, 5.41) is 9.54. The van der Waals surface area contributed by atoms with Crippen LogP contribution in [-0.4, -0.2) is 27.3 Å². The van der Waals surface area contributed by atoms with Gasteiger partial charge in [0.15, 0.2) is 0 Å². The Balaban J connectivity index is 1.75. The van der Waals surface area contributed by atoms with Crippen LogP contribution in [0.25, 0.3) is 0 Å². The summed E-state index contributed by atoms with van der Waals surface area (Å²) in [7, 11) is 1.94. The van der Waals surface area contributed by atoms with E-state index in [0.717, 1.165) is 37.9 Å². The number of aryl methyl sites for hydroxylation is 1. The first-order valence-electron chi connectivity index (χ1n) is 8.29. The average molecular weight is 332 g/mol. The molecule has 0 aliphatic carbocycles. The van der Waals surface area contributed by atoms with Gasteiger partial charge in [0.1, 0.15) is 0 Å². The fraction of sp³-hybridized carbons (Fsp3) is 0.529. The predicted molar refractivity (Wildman–Crippen MR) is 92.4 cm³/mol. The molecular weight excluding hydrogens is 308 g/mol. The number of hydrogen-bond acceptors (Lipinski definition) is 3. The van der Waals surface area contributed by atoms with Gasteiger partial charge in [-0.3, -0.25) is 4.68 Å². The van der Waals surface area contributed by atoms with Crippen molar-refractivity contribution in [1.82, 2.24) is 20.0 Å². The Labute approximate surface area is 141 Å². The van der Waals surface area contributed by atoms with Crippen molar-refractivity contribution in [2.45, 2.75) is 44.7 Å². The summed E-state index contributed by atoms with van der Waals surface area (Å²) >= 11 is 1.70. The summed E-state index contributed by atoms with van der Waals surface area (Å²) in [6.07, 6.45) is 5.93. The highest BCUT2D eigenvalue weighted by Crippen LogP contribution is 2.31. The van der Waals surface area contributed by atoms with Crippen molar-refractivity contribution in [1.29, 1.82) is 0 Å². The Morgan fingerprint density at radius 1 is 1.48 bits per heavy atom. The summed E-state index contributed by atoms with van der Waals surface area (Å²) < 4.78 is 1.88. The molecule has 5 nitrogen and oxygen atoms in total. The van der Waals surface area contributed by atoms with Crippen LogP contribution in [0.15, 0.2) is 29.8 Å². The number of urea groups is 1. The summed E-state index contributed by atoms with van der Waals surface area (Å²) in [5.41, 5.74) is 1.11. The molecule has 0 bridgehead atoms. The van der Waals surface area contributed by atoms with Crippen LogP contribution in [0.3, 0.4) is 0 Å². The second-order valence-corrected chi connectivity index (χ2v) is 6.99. The summed E-state index contributed by atoms with van der Waals surface area (Å²) in [6, 6.07) is 6.40. The second kappa shape index (κ2) is 7.17. The van der Waals surface area contributed by atoms with E-state index in [2.05, 4.69) is 28.8 Å². The number of nitrogens with zero attached hydrogens (tertiary/aromatic N) is 3. The van der Waals surface area contributed by atoms with E-state index in [9.17, 15) is 4.79 Å². The van der Waals surface area contributed by atoms with Crippen LogP contribution in [0.1, 0.15) is 55.3 Å². The number of hydrogen-bond donors (Lipinski definition) is 1. The van der Waals surface area contributed by atoms with Gasteiger partial charge in [-0.25, -0.2) is 4.79 Å². The van der Waals surface area contributed by atoms with Crippen LogP contribution in [0.2, 0.25) is 0 Å². The number of carbonyl (C=O) groups is 1. The highest BCUT2D eigenvalue weighted by Gasteiger charge is 2.30. The molecule has 1 aliphatic rings. The van der Waals surface area contributed by atoms with Crippen LogP contribution in [-0.2, 0) is 7.05 Å². The van der Waals surface area contributed by atoms with Crippen molar-refractivity contribution in [3.05, 3.63) is 40.3 Å². The molecule has 2 atom stereocenters. The molecule has 3 rings (SSSR count). The van der Waals surface area contributed by atoms with E-state index in [1.165, 1.54) is 4.88 Å². The molecule has 0 unspecified atom stereocenters. The van der Waals surface area contributed by atoms with Crippen molar-refractivity contribution >= 4 is 17.4 Å². The molecule has 0 aromatic carbocycles. The maximum atomic E-state index is 12.9. The number of carbonyl (C=O) groups excluding carboxylic acids is 1. The maximum Gasteiger partial charge on any atom is 0.318 e. The van der Waals surface area contributed by atoms with E-state index < -0.39 is 0 Å². The topological polar surface area (TPSA) is 50.2 Å². The number of aromatic nitrogens is 2. The van der Waals surface area contributed by atoms with Gasteiger partial charge in [-0.1, -0.05) is 13.0 Å². The van der Waals surface area contributed by atoms with Gasteiger partial charge in [-0.05, 0) is 43.2 Å². The minimum atomic E-state index is 0.0381. The lowest BCUT2D eigenvalue weighted by Gasteiger charge is -2.36. The fourth-order valence-corrected chi connectivity index (χ4v) is 4.15. The van der Waals surface area contributed by atoms with E-state index >= 15 is 0 Å². The van der Waals surface area contributed by atoms with E-state index in [1.54, 1.807) is 17.5 Å². The third-order valence-corrected chi connectivity index (χ3v) is 5.54. The van der Waals surface area contributed by atoms with Crippen LogP contribution in [0.5, 0.6) is 0 Å². The Kier molecular flexibility index (Phi) is 5.00. The van der Waals surface area contributed by atoms with Gasteiger partial charge in [0.2, 0.25) is 0 Å². The van der Waals surface area contributed by atoms with E-state index in [-0.39, 0.29) is 18.1 Å². The van der Waals surface area contributed by atoms with Crippen LogP contribution in [0.4, 0.5) is 4.79 Å². The first-order valence-corrected chi connectivity index (χ1v) is 9.17. The molecule has 124 valence electrons. The van der Waals surface area contributed by atoms with Gasteiger partial charge < -0.3 is 10.2 Å². The molecule has 2 amide bonds. The predicted octanol–water partition coefficient (Wildman–Crippen LogP) is 3.87. The SMILES string of the molecule is CC[C@@H](NC(=O)N1CCCC[C@@H]1c1ccnn1C)c1cccs1. The lowest BCUT2D eigenvalue weighted by molar-refractivity contribution is 0.144. The lowest BCUT2D eigenvalue weighted by atomic mass is 9.99. The second-order valence-electron chi connectivity index (χ2n) is 6.01. The van der Waals surface area contributed by atoms with Crippen molar-refractivity contribution in [2.75, 3.05) is 6.54 Å². The van der Waals surface area contributed by atoms with Crippen molar-refractivity contribution in [3.8, 4) is 0 Å². The van der Waals surface area contributed by atoms with Gasteiger partial charge in [0.05, 0.1) is 17.8 Å². The van der Waals surface area contributed by atoms with Crippen LogP contribution >= 0.6 is 11.3 Å². The minimum Gasteiger partial charge on any atom is -0.330 e. The van der Waals surface area contributed by atoms with Gasteiger partial charge in [-0.2, -0.15) is 5.10 Å². The van der Waals surface area contributed by atoms with Crippen LogP contribution in [0, 0.1) is 0 Å². The zero-order chi connectivity index (χ0) is 16.2. The van der Waals surface area contributed by atoms with Crippen molar-refractivity contribution in [3.63, 3.8) is 0 Å². The number of piperidine rings is 1. The first kappa shape index (κ1) is 16.1. The zero-order valence-corrected chi connectivity index (χ0v) is 14.6. The maximum absolute atomic E-state index is 12.9. The van der Waals surface area contributed by atoms with Crippen LogP contribution < -0.4 is 5.32 Å². The molecular formula is C17H24N4OS. The van der Waals surface area contributed by atoms with Crippen molar-refractivity contribution < 1.29 is 4.79 Å². The average Bonchev–Trinajstić information content (AvgIpc) is 3.24. The summed E-state index contributed by atoms with van der Waals surface area (Å²) in [5.74, 6) is 0. The normalized spacial score (nSPS) is 19.6. The summed E-state index contributed by atoms with van der Waals surface area (Å²) in [6.45, 7) is 2.92. The van der Waals surface area contributed by atoms with Gasteiger partial charge in [0.25, 0.3) is 0 Å². The number of amides is 2. The Morgan fingerprint density at radius 3 is 3.00 bits per heavy atom. The number of thiophene rings is 1. The number of nitrogens with one attached hydrogen (secondary N) is 1. The third-order valence-electron chi connectivity index (χ3n) is 4.56. The van der Waals surface area contributed by atoms with E-state index in [4.69, 9.17) is 0 Å². The third kappa shape index (κ3) is 3.42. The molecule has 1 N–H and O–H groups in total. The zero-order valence-electron chi connectivity index (χ0n) is 13.7. The quantitative estimate of drug-likeness (QED) is 0.924. The lowest BCUT2D eigenvalue weighted by Crippen LogP contribution is -2.46. The molecule has 1 saturated heterocycles. The highest BCUT2D eigenvalue weighted by molar-refractivity contribution is 7.10. The van der Waals surface area contributed by atoms with E-state index in [1.807, 2.05) is 28.8 Å². The monoisotopic (exact) mass is 332 g/mol. The molecule has 0 radical (unpaired) electrons. The summed E-state index contributed by atoms with van der Waals surface area (Å²) in [4.78, 5) is 16.1. The Morgan fingerprint density at radius 2 is 2.35 bits per heavy atom. The molecule has 0 saturated carbocycles. The molecule has 3 heterocycles. The van der Waals surface area contributed by atoms with Crippen molar-refractivity contribution in [2.24, 2.45) is 7.05 Å².